The molecule has 0 fully saturated rings. The first-order valence-electron chi connectivity index (χ1n) is 5.94. The molecule has 1 unspecified atom stereocenters. The smallest absolute Gasteiger partial charge is 0.247 e. The van der Waals surface area contributed by atoms with Crippen molar-refractivity contribution in [3.63, 3.8) is 0 Å². The van der Waals surface area contributed by atoms with Gasteiger partial charge in [-0.3, -0.25) is 0 Å². The Hall–Kier alpha value is -0.940. The average molecular weight is 241 g/mol. The number of rotatable bonds is 5. The second-order valence-corrected chi connectivity index (χ2v) is 5.39. The van der Waals surface area contributed by atoms with Crippen molar-refractivity contribution in [2.75, 3.05) is 7.11 Å². The van der Waals surface area contributed by atoms with Gasteiger partial charge in [-0.2, -0.15) is 0 Å². The first kappa shape index (κ1) is 14.1. The molecule has 17 heavy (non-hydrogen) atoms. The molecular weight excluding hydrogens is 218 g/mol. The first-order chi connectivity index (χ1) is 7.80. The van der Waals surface area contributed by atoms with Gasteiger partial charge in [0.2, 0.25) is 11.8 Å². The van der Waals surface area contributed by atoms with Gasteiger partial charge >= 0.3 is 0 Å². The molecule has 0 radical (unpaired) electrons. The van der Waals surface area contributed by atoms with E-state index in [2.05, 4.69) is 36.3 Å². The molecule has 98 valence electrons. The summed E-state index contributed by atoms with van der Waals surface area (Å²) in [6, 6.07) is 0. The Morgan fingerprint density at radius 3 is 2.35 bits per heavy atom. The Balaban J connectivity index is 2.71. The summed E-state index contributed by atoms with van der Waals surface area (Å²) in [5, 5.41) is 11.4. The van der Waals surface area contributed by atoms with Crippen LogP contribution < -0.4 is 5.32 Å². The van der Waals surface area contributed by atoms with Crippen LogP contribution in [0.1, 0.15) is 52.8 Å². The number of hydrogen-bond donors (Lipinski definition) is 1. The molecule has 1 aromatic heterocycles. The van der Waals surface area contributed by atoms with Crippen molar-refractivity contribution in [1.29, 1.82) is 0 Å². The van der Waals surface area contributed by atoms with Gasteiger partial charge in [-0.15, -0.1) is 10.2 Å². The maximum Gasteiger partial charge on any atom is 0.247 e. The van der Waals surface area contributed by atoms with Gasteiger partial charge in [0.1, 0.15) is 5.60 Å². The number of hydrogen-bond acceptors (Lipinski definition) is 5. The minimum Gasteiger partial charge on any atom is -0.421 e. The van der Waals surface area contributed by atoms with Crippen LogP contribution in [0.5, 0.6) is 0 Å². The molecule has 5 nitrogen and oxygen atoms in total. The second kappa shape index (κ2) is 5.14. The summed E-state index contributed by atoms with van der Waals surface area (Å²) < 4.78 is 11.0. The van der Waals surface area contributed by atoms with Crippen LogP contribution in [0.3, 0.4) is 0 Å². The Bertz CT molecular complexity index is 351. The fourth-order valence-corrected chi connectivity index (χ4v) is 1.26. The monoisotopic (exact) mass is 241 g/mol. The van der Waals surface area contributed by atoms with Crippen LogP contribution in [-0.2, 0) is 16.9 Å². The number of nitrogens with one attached hydrogen (secondary N) is 1. The van der Waals surface area contributed by atoms with Crippen molar-refractivity contribution in [2.45, 2.75) is 58.7 Å². The van der Waals surface area contributed by atoms with Crippen molar-refractivity contribution in [3.05, 3.63) is 11.8 Å². The van der Waals surface area contributed by atoms with E-state index in [1.807, 2.05) is 13.8 Å². The lowest BCUT2D eigenvalue weighted by Gasteiger charge is -2.21. The van der Waals surface area contributed by atoms with Gasteiger partial charge in [0.15, 0.2) is 0 Å². The lowest BCUT2D eigenvalue weighted by molar-refractivity contribution is -0.0243. The standard InChI is InChI=1S/C12H23N3O2/c1-7-12(5,16-6)10-15-14-9(17-10)8-13-11(2,3)4/h13H,7-8H2,1-6H3. The maximum absolute atomic E-state index is 5.62. The van der Waals surface area contributed by atoms with E-state index < -0.39 is 5.60 Å². The third kappa shape index (κ3) is 3.78. The highest BCUT2D eigenvalue weighted by Crippen LogP contribution is 2.26. The summed E-state index contributed by atoms with van der Waals surface area (Å²) in [4.78, 5) is 0. The van der Waals surface area contributed by atoms with Crippen molar-refractivity contribution in [3.8, 4) is 0 Å². The number of ether oxygens (including phenoxy) is 1. The van der Waals surface area contributed by atoms with E-state index in [4.69, 9.17) is 9.15 Å². The fraction of sp³-hybridized carbons (Fsp3) is 0.833. The zero-order valence-electron chi connectivity index (χ0n) is 11.6. The quantitative estimate of drug-likeness (QED) is 0.856. The Labute approximate surface area is 103 Å². The lowest BCUT2D eigenvalue weighted by Crippen LogP contribution is -2.35. The highest BCUT2D eigenvalue weighted by molar-refractivity contribution is 4.95. The van der Waals surface area contributed by atoms with E-state index in [1.165, 1.54) is 0 Å². The number of nitrogens with zero attached hydrogens (tertiary/aromatic N) is 2. The van der Waals surface area contributed by atoms with Crippen LogP contribution in [0.15, 0.2) is 4.42 Å². The minimum absolute atomic E-state index is 0.0317. The number of methoxy groups -OCH3 is 1. The molecule has 1 N–H and O–H groups in total. The highest BCUT2D eigenvalue weighted by atomic mass is 16.5. The predicted octanol–water partition coefficient (Wildman–Crippen LogP) is 2.23. The minimum atomic E-state index is -0.493. The molecular formula is C12H23N3O2. The van der Waals surface area contributed by atoms with Crippen LogP contribution >= 0.6 is 0 Å². The molecule has 1 heterocycles. The van der Waals surface area contributed by atoms with E-state index in [0.29, 0.717) is 18.3 Å². The number of aromatic nitrogens is 2. The first-order valence-corrected chi connectivity index (χ1v) is 5.94. The highest BCUT2D eigenvalue weighted by Gasteiger charge is 2.30. The van der Waals surface area contributed by atoms with Crippen LogP contribution in [0, 0.1) is 0 Å². The molecule has 0 saturated heterocycles. The third-order valence-corrected chi connectivity index (χ3v) is 2.81. The van der Waals surface area contributed by atoms with E-state index >= 15 is 0 Å². The zero-order valence-corrected chi connectivity index (χ0v) is 11.6. The average Bonchev–Trinajstić information content (AvgIpc) is 2.73. The topological polar surface area (TPSA) is 60.2 Å². The van der Waals surface area contributed by atoms with Crippen molar-refractivity contribution in [2.24, 2.45) is 0 Å². The molecule has 0 aliphatic carbocycles. The Morgan fingerprint density at radius 1 is 1.24 bits per heavy atom. The van der Waals surface area contributed by atoms with E-state index in [9.17, 15) is 0 Å². The van der Waals surface area contributed by atoms with Gasteiger partial charge < -0.3 is 14.5 Å². The fourth-order valence-electron chi connectivity index (χ4n) is 1.26. The SMILES string of the molecule is CCC(C)(OC)c1nnc(CNC(C)(C)C)o1. The Morgan fingerprint density at radius 2 is 1.88 bits per heavy atom. The molecule has 1 aromatic rings. The summed E-state index contributed by atoms with van der Waals surface area (Å²) in [7, 11) is 1.65. The van der Waals surface area contributed by atoms with Crippen molar-refractivity contribution in [1.82, 2.24) is 15.5 Å². The molecule has 0 bridgehead atoms. The summed E-state index contributed by atoms with van der Waals surface area (Å²) in [5.41, 5.74) is -0.461. The summed E-state index contributed by atoms with van der Waals surface area (Å²) in [6.07, 6.45) is 0.790. The second-order valence-electron chi connectivity index (χ2n) is 5.39. The molecule has 1 rings (SSSR count). The third-order valence-electron chi connectivity index (χ3n) is 2.81. The van der Waals surface area contributed by atoms with Crippen molar-refractivity contribution < 1.29 is 9.15 Å². The summed E-state index contributed by atoms with van der Waals surface area (Å²) in [5.74, 6) is 1.12. The zero-order chi connectivity index (χ0) is 13.1. The molecule has 1 atom stereocenters. The van der Waals surface area contributed by atoms with Gasteiger partial charge in [-0.1, -0.05) is 6.92 Å². The van der Waals surface area contributed by atoms with Gasteiger partial charge in [0, 0.05) is 12.6 Å². The predicted molar refractivity (Wildman–Crippen MR) is 65.5 cm³/mol. The van der Waals surface area contributed by atoms with Gasteiger partial charge in [-0.25, -0.2) is 0 Å². The van der Waals surface area contributed by atoms with E-state index in [1.54, 1.807) is 7.11 Å². The van der Waals surface area contributed by atoms with Crippen LogP contribution in [-0.4, -0.2) is 22.8 Å². The molecule has 0 aliphatic heterocycles. The molecule has 0 aliphatic rings. The Kier molecular flexibility index (Phi) is 4.27. The molecule has 0 spiro atoms. The molecule has 5 heteroatoms. The molecule has 0 aromatic carbocycles. The molecule has 0 amide bonds. The van der Waals surface area contributed by atoms with Gasteiger partial charge in [0.25, 0.3) is 0 Å². The molecule has 0 saturated carbocycles. The maximum atomic E-state index is 5.62. The van der Waals surface area contributed by atoms with Crippen LogP contribution in [0.4, 0.5) is 0 Å². The van der Waals surface area contributed by atoms with Gasteiger partial charge in [0.05, 0.1) is 6.54 Å². The van der Waals surface area contributed by atoms with Crippen molar-refractivity contribution >= 4 is 0 Å². The van der Waals surface area contributed by atoms with E-state index in [-0.39, 0.29) is 5.54 Å². The van der Waals surface area contributed by atoms with Gasteiger partial charge in [-0.05, 0) is 34.1 Å². The largest absolute Gasteiger partial charge is 0.421 e. The van der Waals surface area contributed by atoms with E-state index in [0.717, 1.165) is 6.42 Å². The van der Waals surface area contributed by atoms with Crippen LogP contribution in [0.25, 0.3) is 0 Å². The van der Waals surface area contributed by atoms with Crippen LogP contribution in [0.2, 0.25) is 0 Å². The summed E-state index contributed by atoms with van der Waals surface area (Å²) in [6.45, 7) is 10.8. The normalized spacial score (nSPS) is 15.9. The summed E-state index contributed by atoms with van der Waals surface area (Å²) >= 11 is 0. The lowest BCUT2D eigenvalue weighted by atomic mass is 10.0.